The van der Waals surface area contributed by atoms with Crippen LogP contribution in [0, 0.1) is 11.3 Å². The quantitative estimate of drug-likeness (QED) is 0.668. The average molecular weight is 298 g/mol. The molecule has 0 aromatic heterocycles. The molecule has 0 aromatic carbocycles. The summed E-state index contributed by atoms with van der Waals surface area (Å²) in [5.41, 5.74) is 0.388. The second-order valence-electron chi connectivity index (χ2n) is 7.81. The minimum atomic E-state index is 0.388. The number of likely N-dealkylation sites (tertiary alicyclic amines) is 1. The van der Waals surface area contributed by atoms with Crippen LogP contribution in [0.25, 0.3) is 0 Å². The van der Waals surface area contributed by atoms with Crippen LogP contribution in [0.2, 0.25) is 0 Å². The monoisotopic (exact) mass is 297 g/mol. The Morgan fingerprint density at radius 3 is 2.62 bits per heavy atom. The Labute approximate surface area is 133 Å². The molecular formula is C18H39N3. The first-order valence-electron chi connectivity index (χ1n) is 9.03. The number of hydrogen-bond donors (Lipinski definition) is 1. The van der Waals surface area contributed by atoms with Crippen molar-refractivity contribution in [3.63, 3.8) is 0 Å². The van der Waals surface area contributed by atoms with E-state index in [1.54, 1.807) is 0 Å². The fourth-order valence-corrected chi connectivity index (χ4v) is 3.55. The minimum absolute atomic E-state index is 0.388. The molecule has 2 unspecified atom stereocenters. The van der Waals surface area contributed by atoms with E-state index in [0.717, 1.165) is 25.0 Å². The summed E-state index contributed by atoms with van der Waals surface area (Å²) in [5, 5.41) is 3.66. The average Bonchev–Trinajstić information content (AvgIpc) is 2.85. The predicted octanol–water partition coefficient (Wildman–Crippen LogP) is 3.06. The van der Waals surface area contributed by atoms with Gasteiger partial charge in [0.25, 0.3) is 0 Å². The van der Waals surface area contributed by atoms with E-state index in [4.69, 9.17) is 0 Å². The molecule has 0 radical (unpaired) electrons. The Kier molecular flexibility index (Phi) is 8.22. The number of nitrogens with zero attached hydrogens (tertiary/aromatic N) is 2. The number of rotatable bonds is 10. The van der Waals surface area contributed by atoms with E-state index in [0.29, 0.717) is 5.41 Å². The topological polar surface area (TPSA) is 18.5 Å². The van der Waals surface area contributed by atoms with Gasteiger partial charge in [-0.3, -0.25) is 4.90 Å². The molecule has 1 heterocycles. The van der Waals surface area contributed by atoms with Crippen LogP contribution in [0.15, 0.2) is 0 Å². The molecular weight excluding hydrogens is 258 g/mol. The second-order valence-corrected chi connectivity index (χ2v) is 7.81. The second kappa shape index (κ2) is 9.12. The minimum Gasteiger partial charge on any atom is -0.316 e. The fraction of sp³-hybridized carbons (Fsp3) is 1.00. The van der Waals surface area contributed by atoms with Crippen LogP contribution in [0.5, 0.6) is 0 Å². The van der Waals surface area contributed by atoms with Gasteiger partial charge in [-0.05, 0) is 57.3 Å². The third-order valence-corrected chi connectivity index (χ3v) is 5.04. The molecule has 2 atom stereocenters. The van der Waals surface area contributed by atoms with Gasteiger partial charge in [0.05, 0.1) is 0 Å². The summed E-state index contributed by atoms with van der Waals surface area (Å²) in [7, 11) is 2.31. The summed E-state index contributed by atoms with van der Waals surface area (Å²) < 4.78 is 0. The van der Waals surface area contributed by atoms with E-state index in [-0.39, 0.29) is 0 Å². The molecule has 0 spiro atoms. The Balaban J connectivity index is 2.40. The van der Waals surface area contributed by atoms with Crippen LogP contribution in [-0.2, 0) is 0 Å². The Bertz CT molecular complexity index is 280. The van der Waals surface area contributed by atoms with Crippen LogP contribution >= 0.6 is 0 Å². The summed E-state index contributed by atoms with van der Waals surface area (Å²) >= 11 is 0. The molecule has 1 aliphatic heterocycles. The summed E-state index contributed by atoms with van der Waals surface area (Å²) in [4.78, 5) is 5.22. The summed E-state index contributed by atoms with van der Waals surface area (Å²) in [6, 6.07) is 0.782. The SMILES string of the molecule is CCN1CCCC1CN(C)CC(C)(CC)CNCC(C)C. The molecule has 21 heavy (non-hydrogen) atoms. The molecule has 1 saturated heterocycles. The molecule has 1 rings (SSSR count). The zero-order valence-electron chi connectivity index (χ0n) is 15.4. The van der Waals surface area contributed by atoms with Crippen molar-refractivity contribution in [2.75, 3.05) is 46.3 Å². The lowest BCUT2D eigenvalue weighted by Crippen LogP contribution is -2.45. The molecule has 0 saturated carbocycles. The van der Waals surface area contributed by atoms with E-state index in [1.807, 2.05) is 0 Å². The Hall–Kier alpha value is -0.120. The van der Waals surface area contributed by atoms with E-state index in [9.17, 15) is 0 Å². The van der Waals surface area contributed by atoms with Crippen molar-refractivity contribution in [2.24, 2.45) is 11.3 Å². The van der Waals surface area contributed by atoms with Gasteiger partial charge >= 0.3 is 0 Å². The van der Waals surface area contributed by atoms with Crippen molar-refractivity contribution in [3.05, 3.63) is 0 Å². The van der Waals surface area contributed by atoms with Gasteiger partial charge in [-0.2, -0.15) is 0 Å². The van der Waals surface area contributed by atoms with Gasteiger partial charge in [0.1, 0.15) is 0 Å². The zero-order chi connectivity index (χ0) is 15.9. The zero-order valence-corrected chi connectivity index (χ0v) is 15.4. The molecule has 0 bridgehead atoms. The molecule has 1 N–H and O–H groups in total. The molecule has 0 aliphatic carbocycles. The van der Waals surface area contributed by atoms with E-state index < -0.39 is 0 Å². The van der Waals surface area contributed by atoms with Crippen molar-refractivity contribution in [2.45, 2.75) is 59.9 Å². The van der Waals surface area contributed by atoms with Gasteiger partial charge in [0, 0.05) is 25.7 Å². The van der Waals surface area contributed by atoms with Crippen LogP contribution in [0.1, 0.15) is 53.9 Å². The van der Waals surface area contributed by atoms with Gasteiger partial charge < -0.3 is 10.2 Å². The highest BCUT2D eigenvalue weighted by molar-refractivity contribution is 4.84. The highest BCUT2D eigenvalue weighted by Crippen LogP contribution is 2.23. The van der Waals surface area contributed by atoms with Gasteiger partial charge in [-0.25, -0.2) is 0 Å². The predicted molar refractivity (Wildman–Crippen MR) is 93.9 cm³/mol. The first-order chi connectivity index (χ1) is 9.90. The lowest BCUT2D eigenvalue weighted by molar-refractivity contribution is 0.140. The molecule has 0 aromatic rings. The normalized spacial score (nSPS) is 23.1. The maximum atomic E-state index is 3.66. The molecule has 3 heteroatoms. The van der Waals surface area contributed by atoms with Crippen molar-refractivity contribution < 1.29 is 0 Å². The lowest BCUT2D eigenvalue weighted by Gasteiger charge is -2.36. The van der Waals surface area contributed by atoms with Crippen molar-refractivity contribution >= 4 is 0 Å². The van der Waals surface area contributed by atoms with Crippen LogP contribution < -0.4 is 5.32 Å². The molecule has 3 nitrogen and oxygen atoms in total. The summed E-state index contributed by atoms with van der Waals surface area (Å²) in [6.07, 6.45) is 4.00. The summed E-state index contributed by atoms with van der Waals surface area (Å²) in [5.74, 6) is 0.737. The number of likely N-dealkylation sites (N-methyl/N-ethyl adjacent to an activating group) is 2. The van der Waals surface area contributed by atoms with E-state index in [1.165, 1.54) is 45.4 Å². The van der Waals surface area contributed by atoms with Crippen molar-refractivity contribution in [1.82, 2.24) is 15.1 Å². The largest absolute Gasteiger partial charge is 0.316 e. The van der Waals surface area contributed by atoms with Crippen molar-refractivity contribution in [1.29, 1.82) is 0 Å². The molecule has 0 amide bonds. The van der Waals surface area contributed by atoms with Gasteiger partial charge in [0.15, 0.2) is 0 Å². The number of nitrogens with one attached hydrogen (secondary N) is 1. The highest BCUT2D eigenvalue weighted by Gasteiger charge is 2.28. The molecule has 1 aliphatic rings. The summed E-state index contributed by atoms with van der Waals surface area (Å²) in [6.45, 7) is 18.8. The van der Waals surface area contributed by atoms with Crippen LogP contribution in [-0.4, -0.2) is 62.2 Å². The number of hydrogen-bond acceptors (Lipinski definition) is 3. The lowest BCUT2D eigenvalue weighted by atomic mass is 9.86. The van der Waals surface area contributed by atoms with Crippen molar-refractivity contribution in [3.8, 4) is 0 Å². The fourth-order valence-electron chi connectivity index (χ4n) is 3.55. The highest BCUT2D eigenvalue weighted by atomic mass is 15.2. The Morgan fingerprint density at radius 2 is 2.05 bits per heavy atom. The third-order valence-electron chi connectivity index (χ3n) is 5.04. The third kappa shape index (κ3) is 6.66. The van der Waals surface area contributed by atoms with Crippen LogP contribution in [0.3, 0.4) is 0 Å². The smallest absolute Gasteiger partial charge is 0.0223 e. The Morgan fingerprint density at radius 1 is 1.33 bits per heavy atom. The molecule has 126 valence electrons. The molecule has 1 fully saturated rings. The van der Waals surface area contributed by atoms with Crippen LogP contribution in [0.4, 0.5) is 0 Å². The van der Waals surface area contributed by atoms with Gasteiger partial charge in [-0.15, -0.1) is 0 Å². The standard InChI is InChI=1S/C18H39N3/c1-7-18(5,14-19-12-16(3)4)15-20(6)13-17-10-9-11-21(17)8-2/h16-17,19H,7-15H2,1-6H3. The maximum Gasteiger partial charge on any atom is 0.0223 e. The van der Waals surface area contributed by atoms with E-state index >= 15 is 0 Å². The van der Waals surface area contributed by atoms with E-state index in [2.05, 4.69) is 56.8 Å². The maximum absolute atomic E-state index is 3.66. The first kappa shape index (κ1) is 18.9. The first-order valence-corrected chi connectivity index (χ1v) is 9.03. The van der Waals surface area contributed by atoms with Gasteiger partial charge in [0.2, 0.25) is 0 Å². The van der Waals surface area contributed by atoms with Gasteiger partial charge in [-0.1, -0.05) is 34.6 Å².